The zero-order valence-corrected chi connectivity index (χ0v) is 12.6. The summed E-state index contributed by atoms with van der Waals surface area (Å²) in [5.41, 5.74) is 0.475. The number of anilines is 1. The van der Waals surface area contributed by atoms with Crippen LogP contribution >= 0.6 is 0 Å². The molecule has 0 saturated heterocycles. The van der Waals surface area contributed by atoms with Gasteiger partial charge in [-0.1, -0.05) is 5.16 Å². The topological polar surface area (TPSA) is 110 Å². The molecule has 0 saturated carbocycles. The van der Waals surface area contributed by atoms with Crippen LogP contribution < -0.4 is 10.0 Å². The number of aryl methyl sites for hydroxylation is 1. The van der Waals surface area contributed by atoms with Gasteiger partial charge in [-0.25, -0.2) is 18.1 Å². The van der Waals surface area contributed by atoms with E-state index in [-0.39, 0.29) is 11.6 Å². The number of sulfonamides is 1. The average molecular weight is 311 g/mol. The average Bonchev–Trinajstić information content (AvgIpc) is 2.85. The first-order valence-electron chi connectivity index (χ1n) is 6.50. The van der Waals surface area contributed by atoms with Gasteiger partial charge in [0.1, 0.15) is 0 Å². The van der Waals surface area contributed by atoms with Crippen LogP contribution in [0.4, 0.5) is 5.69 Å². The number of nitrogens with one attached hydrogen (secondary N) is 2. The molecule has 8 nitrogen and oxygen atoms in total. The van der Waals surface area contributed by atoms with Crippen LogP contribution in [-0.2, 0) is 16.4 Å². The molecule has 0 spiro atoms. The molecule has 9 heteroatoms. The van der Waals surface area contributed by atoms with Gasteiger partial charge in [-0.15, -0.1) is 0 Å². The summed E-state index contributed by atoms with van der Waals surface area (Å²) in [4.78, 5) is 7.95. The molecule has 0 atom stereocenters. The molecule has 114 valence electrons. The fourth-order valence-electron chi connectivity index (χ4n) is 1.74. The Balaban J connectivity index is 2.04. The predicted molar refractivity (Wildman–Crippen MR) is 76.3 cm³/mol. The van der Waals surface area contributed by atoms with Crippen molar-refractivity contribution in [2.24, 2.45) is 0 Å². The van der Waals surface area contributed by atoms with Gasteiger partial charge < -0.3 is 9.84 Å². The van der Waals surface area contributed by atoms with E-state index in [0.29, 0.717) is 30.4 Å². The smallest absolute Gasteiger partial charge is 0.260 e. The van der Waals surface area contributed by atoms with Gasteiger partial charge in [0.25, 0.3) is 10.0 Å². The van der Waals surface area contributed by atoms with Crippen LogP contribution in [0, 0.1) is 6.92 Å². The Kier molecular flexibility index (Phi) is 4.86. The summed E-state index contributed by atoms with van der Waals surface area (Å²) in [6.45, 7) is 4.34. The van der Waals surface area contributed by atoms with E-state index in [2.05, 4.69) is 25.2 Å². The van der Waals surface area contributed by atoms with E-state index in [1.165, 1.54) is 6.20 Å². The SMILES string of the molecule is CCNc1cccnc1S(=O)(=O)NCCc1noc(C)n1. The quantitative estimate of drug-likeness (QED) is 0.775. The molecule has 0 bridgehead atoms. The maximum absolute atomic E-state index is 12.2. The van der Waals surface area contributed by atoms with E-state index in [4.69, 9.17) is 4.52 Å². The molecule has 2 aromatic heterocycles. The van der Waals surface area contributed by atoms with Crippen LogP contribution in [0.5, 0.6) is 0 Å². The minimum atomic E-state index is -3.69. The second-order valence-corrected chi connectivity index (χ2v) is 5.95. The molecule has 0 radical (unpaired) electrons. The maximum Gasteiger partial charge on any atom is 0.260 e. The van der Waals surface area contributed by atoms with E-state index in [9.17, 15) is 8.42 Å². The third kappa shape index (κ3) is 3.99. The molecular weight excluding hydrogens is 294 g/mol. The molecule has 2 heterocycles. The van der Waals surface area contributed by atoms with Crippen molar-refractivity contribution in [3.05, 3.63) is 30.0 Å². The van der Waals surface area contributed by atoms with Gasteiger partial charge in [-0.2, -0.15) is 4.98 Å². The molecule has 21 heavy (non-hydrogen) atoms. The highest BCUT2D eigenvalue weighted by Gasteiger charge is 2.19. The molecule has 0 aromatic carbocycles. The van der Waals surface area contributed by atoms with Crippen molar-refractivity contribution in [2.75, 3.05) is 18.4 Å². The standard InChI is InChI=1S/C12H17N5O3S/c1-3-13-10-5-4-7-14-12(10)21(18,19)15-8-6-11-16-9(2)20-17-11/h4-5,7,13,15H,3,6,8H2,1-2H3. The molecule has 0 aliphatic rings. The zero-order chi connectivity index (χ0) is 15.3. The molecule has 2 rings (SSSR count). The molecule has 0 fully saturated rings. The highest BCUT2D eigenvalue weighted by molar-refractivity contribution is 7.89. The summed E-state index contributed by atoms with van der Waals surface area (Å²) >= 11 is 0. The predicted octanol–water partition coefficient (Wildman–Crippen LogP) is 0.726. The van der Waals surface area contributed by atoms with Gasteiger partial charge >= 0.3 is 0 Å². The number of rotatable bonds is 7. The minimum Gasteiger partial charge on any atom is -0.383 e. The molecule has 2 aromatic rings. The largest absolute Gasteiger partial charge is 0.383 e. The Labute approximate surface area is 123 Å². The first kappa shape index (κ1) is 15.4. The van der Waals surface area contributed by atoms with Crippen molar-refractivity contribution in [2.45, 2.75) is 25.3 Å². The number of hydrogen-bond acceptors (Lipinski definition) is 7. The van der Waals surface area contributed by atoms with Crippen molar-refractivity contribution in [1.82, 2.24) is 19.8 Å². The second-order valence-electron chi connectivity index (χ2n) is 4.26. The summed E-state index contributed by atoms with van der Waals surface area (Å²) in [7, 11) is -3.69. The molecule has 0 unspecified atom stereocenters. The second kappa shape index (κ2) is 6.64. The van der Waals surface area contributed by atoms with Gasteiger partial charge in [0, 0.05) is 32.6 Å². The number of nitrogens with zero attached hydrogens (tertiary/aromatic N) is 3. The Morgan fingerprint density at radius 1 is 1.38 bits per heavy atom. The lowest BCUT2D eigenvalue weighted by Crippen LogP contribution is -2.27. The van der Waals surface area contributed by atoms with Crippen molar-refractivity contribution in [3.63, 3.8) is 0 Å². The Hall–Kier alpha value is -2.00. The first-order valence-corrected chi connectivity index (χ1v) is 7.99. The molecule has 0 amide bonds. The Morgan fingerprint density at radius 3 is 2.86 bits per heavy atom. The fourth-order valence-corrected chi connectivity index (χ4v) is 2.88. The Bertz CT molecular complexity index is 698. The lowest BCUT2D eigenvalue weighted by molar-refractivity contribution is 0.387. The summed E-state index contributed by atoms with van der Waals surface area (Å²) in [5, 5.41) is 6.66. The van der Waals surface area contributed by atoms with Gasteiger partial charge in [0.05, 0.1) is 5.69 Å². The van der Waals surface area contributed by atoms with Gasteiger partial charge in [0.15, 0.2) is 10.9 Å². The third-order valence-electron chi connectivity index (χ3n) is 2.60. The van der Waals surface area contributed by atoms with Crippen LogP contribution in [0.1, 0.15) is 18.6 Å². The van der Waals surface area contributed by atoms with Gasteiger partial charge in [-0.3, -0.25) is 0 Å². The molecule has 0 aliphatic heterocycles. The van der Waals surface area contributed by atoms with Gasteiger partial charge in [0.2, 0.25) is 5.89 Å². The van der Waals surface area contributed by atoms with Crippen molar-refractivity contribution < 1.29 is 12.9 Å². The molecule has 0 aliphatic carbocycles. The number of aromatic nitrogens is 3. The summed E-state index contributed by atoms with van der Waals surface area (Å²) in [6, 6.07) is 3.35. The fraction of sp³-hybridized carbons (Fsp3) is 0.417. The Morgan fingerprint density at radius 2 is 2.19 bits per heavy atom. The van der Waals surface area contributed by atoms with Crippen LogP contribution in [0.15, 0.2) is 27.9 Å². The maximum atomic E-state index is 12.2. The molecular formula is C12H17N5O3S. The van der Waals surface area contributed by atoms with Crippen LogP contribution in [0.25, 0.3) is 0 Å². The van der Waals surface area contributed by atoms with Crippen molar-refractivity contribution >= 4 is 15.7 Å². The van der Waals surface area contributed by atoms with Crippen LogP contribution in [0.3, 0.4) is 0 Å². The third-order valence-corrected chi connectivity index (χ3v) is 4.02. The van der Waals surface area contributed by atoms with Crippen LogP contribution in [-0.4, -0.2) is 36.6 Å². The van der Waals surface area contributed by atoms with E-state index < -0.39 is 10.0 Å². The monoisotopic (exact) mass is 311 g/mol. The highest BCUT2D eigenvalue weighted by atomic mass is 32.2. The number of hydrogen-bond donors (Lipinski definition) is 2. The van der Waals surface area contributed by atoms with E-state index in [0.717, 1.165) is 0 Å². The van der Waals surface area contributed by atoms with Crippen molar-refractivity contribution in [3.8, 4) is 0 Å². The van der Waals surface area contributed by atoms with Crippen molar-refractivity contribution in [1.29, 1.82) is 0 Å². The van der Waals surface area contributed by atoms with E-state index in [1.807, 2.05) is 6.92 Å². The summed E-state index contributed by atoms with van der Waals surface area (Å²) < 4.78 is 31.8. The number of pyridine rings is 1. The zero-order valence-electron chi connectivity index (χ0n) is 11.8. The molecule has 2 N–H and O–H groups in total. The van der Waals surface area contributed by atoms with E-state index in [1.54, 1.807) is 19.1 Å². The van der Waals surface area contributed by atoms with E-state index >= 15 is 0 Å². The lowest BCUT2D eigenvalue weighted by atomic mass is 10.4. The summed E-state index contributed by atoms with van der Waals surface area (Å²) in [6.07, 6.45) is 1.79. The van der Waals surface area contributed by atoms with Gasteiger partial charge in [-0.05, 0) is 19.1 Å². The summed E-state index contributed by atoms with van der Waals surface area (Å²) in [5.74, 6) is 0.912. The normalized spacial score (nSPS) is 11.5. The lowest BCUT2D eigenvalue weighted by Gasteiger charge is -2.10. The van der Waals surface area contributed by atoms with Crippen LogP contribution in [0.2, 0.25) is 0 Å². The first-order chi connectivity index (χ1) is 10.0. The highest BCUT2D eigenvalue weighted by Crippen LogP contribution is 2.17. The minimum absolute atomic E-state index is 0.0175.